The lowest BCUT2D eigenvalue weighted by atomic mass is 10.1. The molecular formula is C8H9Cl2NO. The van der Waals surface area contributed by atoms with Gasteiger partial charge in [0.2, 0.25) is 0 Å². The number of nitrogens with one attached hydrogen (secondary N) is 1. The summed E-state index contributed by atoms with van der Waals surface area (Å²) < 4.78 is 0. The maximum Gasteiger partial charge on any atom is 0.0595 e. The fraction of sp³-hybridized carbons (Fsp3) is 0.250. The van der Waals surface area contributed by atoms with Crippen LogP contribution in [0.4, 0.5) is 0 Å². The summed E-state index contributed by atoms with van der Waals surface area (Å²) in [4.78, 5) is 0. The summed E-state index contributed by atoms with van der Waals surface area (Å²) in [5.41, 5.74) is 3.02. The van der Waals surface area contributed by atoms with Crippen LogP contribution in [0.1, 0.15) is 18.5 Å². The van der Waals surface area contributed by atoms with Gasteiger partial charge in [-0.15, -0.1) is 0 Å². The molecule has 0 radical (unpaired) electrons. The van der Waals surface area contributed by atoms with Crippen molar-refractivity contribution in [3.8, 4) is 0 Å². The van der Waals surface area contributed by atoms with Gasteiger partial charge in [0, 0.05) is 0 Å². The number of rotatable bonds is 2. The van der Waals surface area contributed by atoms with Crippen LogP contribution in [0.2, 0.25) is 10.0 Å². The molecule has 0 spiro atoms. The molecule has 0 aliphatic carbocycles. The molecule has 1 aromatic carbocycles. The SMILES string of the molecule is C[C@H](NO)c1ccc(Cl)c(Cl)c1. The van der Waals surface area contributed by atoms with Gasteiger partial charge in [-0.25, -0.2) is 0 Å². The van der Waals surface area contributed by atoms with Crippen LogP contribution in [0, 0.1) is 0 Å². The monoisotopic (exact) mass is 205 g/mol. The first-order chi connectivity index (χ1) is 5.65. The molecule has 1 aromatic rings. The van der Waals surface area contributed by atoms with Crippen LogP contribution in [0.3, 0.4) is 0 Å². The summed E-state index contributed by atoms with van der Waals surface area (Å²) in [6.45, 7) is 1.82. The molecule has 0 aromatic heterocycles. The van der Waals surface area contributed by atoms with Crippen molar-refractivity contribution in [1.29, 1.82) is 0 Å². The van der Waals surface area contributed by atoms with Crippen LogP contribution < -0.4 is 5.48 Å². The van der Waals surface area contributed by atoms with Crippen LogP contribution in [-0.4, -0.2) is 5.21 Å². The van der Waals surface area contributed by atoms with E-state index in [9.17, 15) is 0 Å². The molecule has 0 fully saturated rings. The fourth-order valence-electron chi connectivity index (χ4n) is 0.856. The van der Waals surface area contributed by atoms with Crippen molar-refractivity contribution in [3.05, 3.63) is 33.8 Å². The van der Waals surface area contributed by atoms with Gasteiger partial charge in [-0.3, -0.25) is 0 Å². The molecule has 0 aliphatic heterocycles. The molecule has 4 heteroatoms. The van der Waals surface area contributed by atoms with E-state index in [2.05, 4.69) is 5.48 Å². The van der Waals surface area contributed by atoms with Gasteiger partial charge >= 0.3 is 0 Å². The van der Waals surface area contributed by atoms with Crippen molar-refractivity contribution < 1.29 is 5.21 Å². The minimum Gasteiger partial charge on any atom is -0.316 e. The van der Waals surface area contributed by atoms with E-state index in [-0.39, 0.29) is 6.04 Å². The smallest absolute Gasteiger partial charge is 0.0595 e. The molecule has 1 atom stereocenters. The van der Waals surface area contributed by atoms with Crippen LogP contribution in [0.5, 0.6) is 0 Å². The molecule has 0 heterocycles. The lowest BCUT2D eigenvalue weighted by molar-refractivity contribution is 0.133. The summed E-state index contributed by atoms with van der Waals surface area (Å²) in [5, 5.41) is 9.64. The Morgan fingerprint density at radius 2 is 2.00 bits per heavy atom. The predicted molar refractivity (Wildman–Crippen MR) is 49.8 cm³/mol. The van der Waals surface area contributed by atoms with E-state index in [4.69, 9.17) is 28.4 Å². The first-order valence-electron chi connectivity index (χ1n) is 3.49. The highest BCUT2D eigenvalue weighted by atomic mass is 35.5. The fourth-order valence-corrected chi connectivity index (χ4v) is 1.16. The summed E-state index contributed by atoms with van der Waals surface area (Å²) in [6.07, 6.45) is 0. The summed E-state index contributed by atoms with van der Waals surface area (Å²) in [5.74, 6) is 0. The van der Waals surface area contributed by atoms with Gasteiger partial charge in [-0.05, 0) is 24.6 Å². The summed E-state index contributed by atoms with van der Waals surface area (Å²) in [6, 6.07) is 5.09. The second kappa shape index (κ2) is 4.10. The molecule has 0 aliphatic rings. The van der Waals surface area contributed by atoms with Crippen molar-refractivity contribution in [2.75, 3.05) is 0 Å². The lowest BCUT2D eigenvalue weighted by Crippen LogP contribution is -2.12. The van der Waals surface area contributed by atoms with Crippen molar-refractivity contribution in [2.45, 2.75) is 13.0 Å². The molecule has 0 amide bonds. The minimum absolute atomic E-state index is 0.139. The maximum atomic E-state index is 8.62. The Balaban J connectivity index is 2.96. The number of hydroxylamine groups is 1. The highest BCUT2D eigenvalue weighted by Gasteiger charge is 2.05. The van der Waals surface area contributed by atoms with E-state index >= 15 is 0 Å². The van der Waals surface area contributed by atoms with E-state index in [1.54, 1.807) is 12.1 Å². The second-order valence-corrected chi connectivity index (χ2v) is 3.34. The highest BCUT2D eigenvalue weighted by Crippen LogP contribution is 2.25. The molecular weight excluding hydrogens is 197 g/mol. The van der Waals surface area contributed by atoms with E-state index < -0.39 is 0 Å². The van der Waals surface area contributed by atoms with Crippen molar-refractivity contribution in [1.82, 2.24) is 5.48 Å². The van der Waals surface area contributed by atoms with E-state index in [0.29, 0.717) is 10.0 Å². The Labute approximate surface area is 81.1 Å². The molecule has 0 unspecified atom stereocenters. The normalized spacial score (nSPS) is 13.0. The Morgan fingerprint density at radius 3 is 2.50 bits per heavy atom. The van der Waals surface area contributed by atoms with Gasteiger partial charge in [-0.2, -0.15) is 5.48 Å². The highest BCUT2D eigenvalue weighted by molar-refractivity contribution is 6.42. The minimum atomic E-state index is -0.139. The Kier molecular flexibility index (Phi) is 3.35. The van der Waals surface area contributed by atoms with Crippen LogP contribution in [0.15, 0.2) is 18.2 Å². The summed E-state index contributed by atoms with van der Waals surface area (Å²) in [7, 11) is 0. The molecule has 1 rings (SSSR count). The third-order valence-corrected chi connectivity index (χ3v) is 2.38. The quantitative estimate of drug-likeness (QED) is 0.729. The third-order valence-electron chi connectivity index (χ3n) is 1.64. The summed E-state index contributed by atoms with van der Waals surface area (Å²) >= 11 is 11.5. The molecule has 0 saturated carbocycles. The van der Waals surface area contributed by atoms with E-state index in [1.807, 2.05) is 13.0 Å². The Bertz CT molecular complexity index is 278. The van der Waals surface area contributed by atoms with E-state index in [1.165, 1.54) is 0 Å². The van der Waals surface area contributed by atoms with Gasteiger partial charge in [0.25, 0.3) is 0 Å². The van der Waals surface area contributed by atoms with Crippen LogP contribution in [-0.2, 0) is 0 Å². The zero-order valence-electron chi connectivity index (χ0n) is 6.51. The van der Waals surface area contributed by atoms with Gasteiger partial charge < -0.3 is 5.21 Å². The maximum absolute atomic E-state index is 8.62. The topological polar surface area (TPSA) is 32.3 Å². The number of hydrogen-bond acceptors (Lipinski definition) is 2. The molecule has 0 saturated heterocycles. The lowest BCUT2D eigenvalue weighted by Gasteiger charge is -2.09. The zero-order chi connectivity index (χ0) is 9.14. The first kappa shape index (κ1) is 9.81. The van der Waals surface area contributed by atoms with Crippen molar-refractivity contribution >= 4 is 23.2 Å². The second-order valence-electron chi connectivity index (χ2n) is 2.52. The zero-order valence-corrected chi connectivity index (χ0v) is 8.02. The average molecular weight is 206 g/mol. The predicted octanol–water partition coefficient (Wildman–Crippen LogP) is 3.03. The molecule has 2 N–H and O–H groups in total. The number of hydrogen-bond donors (Lipinski definition) is 2. The van der Waals surface area contributed by atoms with Gasteiger partial charge in [0.1, 0.15) is 0 Å². The number of benzene rings is 1. The van der Waals surface area contributed by atoms with Gasteiger partial charge in [0.15, 0.2) is 0 Å². The van der Waals surface area contributed by atoms with Gasteiger partial charge in [0.05, 0.1) is 16.1 Å². The molecule has 12 heavy (non-hydrogen) atoms. The van der Waals surface area contributed by atoms with Crippen LogP contribution in [0.25, 0.3) is 0 Å². The molecule has 66 valence electrons. The first-order valence-corrected chi connectivity index (χ1v) is 4.25. The van der Waals surface area contributed by atoms with Crippen molar-refractivity contribution in [2.24, 2.45) is 0 Å². The standard InChI is InChI=1S/C8H9Cl2NO/c1-5(11-12)6-2-3-7(9)8(10)4-6/h2-5,11-12H,1H3/t5-/m0/s1. The Hall–Kier alpha value is -0.280. The Morgan fingerprint density at radius 1 is 1.33 bits per heavy atom. The number of halogens is 2. The average Bonchev–Trinajstić information content (AvgIpc) is 2.08. The van der Waals surface area contributed by atoms with Crippen molar-refractivity contribution in [3.63, 3.8) is 0 Å². The van der Waals surface area contributed by atoms with Gasteiger partial charge in [-0.1, -0.05) is 29.3 Å². The van der Waals surface area contributed by atoms with E-state index in [0.717, 1.165) is 5.56 Å². The van der Waals surface area contributed by atoms with Crippen LogP contribution >= 0.6 is 23.2 Å². The largest absolute Gasteiger partial charge is 0.316 e. The molecule has 2 nitrogen and oxygen atoms in total. The molecule has 0 bridgehead atoms. The third kappa shape index (κ3) is 2.11.